The zero-order valence-electron chi connectivity index (χ0n) is 9.12. The Morgan fingerprint density at radius 1 is 1.53 bits per heavy atom. The first-order valence-electron chi connectivity index (χ1n) is 5.00. The summed E-state index contributed by atoms with van der Waals surface area (Å²) in [6, 6.07) is 3.40. The molecule has 6 nitrogen and oxygen atoms in total. The van der Waals surface area contributed by atoms with Gasteiger partial charge >= 0.3 is 5.97 Å². The number of rotatable bonds is 3. The van der Waals surface area contributed by atoms with Gasteiger partial charge in [-0.25, -0.2) is 4.79 Å². The summed E-state index contributed by atoms with van der Waals surface area (Å²) in [5, 5.41) is 19.3. The summed E-state index contributed by atoms with van der Waals surface area (Å²) in [4.78, 5) is 18.1. The Morgan fingerprint density at radius 3 is 3.00 bits per heavy atom. The van der Waals surface area contributed by atoms with Crippen LogP contribution < -0.4 is 0 Å². The van der Waals surface area contributed by atoms with Crippen molar-refractivity contribution in [3.8, 4) is 0 Å². The zero-order chi connectivity index (χ0) is 12.4. The maximum atomic E-state index is 11.1. The first kappa shape index (κ1) is 11.6. The summed E-state index contributed by atoms with van der Waals surface area (Å²) in [6.07, 6.45) is 0.147. The van der Waals surface area contributed by atoms with Gasteiger partial charge < -0.3 is 19.9 Å². The van der Waals surface area contributed by atoms with E-state index in [1.165, 1.54) is 6.20 Å². The lowest BCUT2D eigenvalue weighted by Gasteiger charge is -2.15. The van der Waals surface area contributed by atoms with Crippen LogP contribution in [0, 0.1) is 0 Å². The quantitative estimate of drug-likeness (QED) is 0.658. The third-order valence-electron chi connectivity index (χ3n) is 2.50. The highest BCUT2D eigenvalue weighted by Crippen LogP contribution is 2.20. The van der Waals surface area contributed by atoms with E-state index in [2.05, 4.69) is 14.7 Å². The van der Waals surface area contributed by atoms with E-state index in [0.29, 0.717) is 5.56 Å². The maximum absolute atomic E-state index is 11.1. The number of carbonyl (C=O) groups is 1. The average molecular weight is 236 g/mol. The molecule has 3 N–H and O–H groups in total. The van der Waals surface area contributed by atoms with Crippen molar-refractivity contribution in [3.05, 3.63) is 30.1 Å². The highest BCUT2D eigenvalue weighted by molar-refractivity contribution is 5.77. The van der Waals surface area contributed by atoms with Crippen LogP contribution >= 0.6 is 0 Å². The van der Waals surface area contributed by atoms with Crippen LogP contribution in [0.1, 0.15) is 11.7 Å². The number of hydrogen-bond acceptors (Lipinski definition) is 5. The van der Waals surface area contributed by atoms with Crippen molar-refractivity contribution < 1.29 is 19.7 Å². The van der Waals surface area contributed by atoms with Gasteiger partial charge in [0.1, 0.15) is 6.10 Å². The molecule has 0 fully saturated rings. The molecule has 0 bridgehead atoms. The highest BCUT2D eigenvalue weighted by Gasteiger charge is 2.26. The van der Waals surface area contributed by atoms with Gasteiger partial charge in [0.2, 0.25) is 0 Å². The summed E-state index contributed by atoms with van der Waals surface area (Å²) >= 11 is 0. The number of aromatic amines is 1. The lowest BCUT2D eigenvalue weighted by Crippen LogP contribution is -2.29. The Morgan fingerprint density at radius 2 is 2.29 bits per heavy atom. The molecule has 2 atom stereocenters. The summed E-state index contributed by atoms with van der Waals surface area (Å²) in [5.74, 6) is -0.885. The van der Waals surface area contributed by atoms with E-state index in [1.807, 2.05) is 0 Å². The monoisotopic (exact) mass is 236 g/mol. The Kier molecular flexibility index (Phi) is 3.08. The smallest absolute Gasteiger partial charge is 0.337 e. The second-order valence-corrected chi connectivity index (χ2v) is 3.59. The van der Waals surface area contributed by atoms with E-state index in [-0.39, 0.29) is 0 Å². The number of fused-ring (bicyclic) bond motifs is 1. The van der Waals surface area contributed by atoms with E-state index >= 15 is 0 Å². The number of H-pyrrole nitrogens is 1. The summed E-state index contributed by atoms with van der Waals surface area (Å²) in [7, 11) is 1.14. The van der Waals surface area contributed by atoms with Gasteiger partial charge in [-0.05, 0) is 12.1 Å². The maximum Gasteiger partial charge on any atom is 0.337 e. The molecule has 0 aliphatic rings. The minimum atomic E-state index is -1.62. The van der Waals surface area contributed by atoms with Gasteiger partial charge in [-0.15, -0.1) is 0 Å². The van der Waals surface area contributed by atoms with E-state index in [9.17, 15) is 15.0 Å². The van der Waals surface area contributed by atoms with Crippen LogP contribution in [0.2, 0.25) is 0 Å². The Labute approximate surface area is 96.9 Å². The average Bonchev–Trinajstić information content (AvgIpc) is 2.83. The summed E-state index contributed by atoms with van der Waals surface area (Å²) in [5.41, 5.74) is 1.81. The second kappa shape index (κ2) is 4.52. The van der Waals surface area contributed by atoms with Crippen LogP contribution in [0.15, 0.2) is 24.5 Å². The minimum absolute atomic E-state index is 0.345. The number of nitrogens with one attached hydrogen (secondary N) is 1. The molecule has 6 heteroatoms. The lowest BCUT2D eigenvalue weighted by molar-refractivity contribution is -0.156. The fourth-order valence-corrected chi connectivity index (χ4v) is 1.54. The van der Waals surface area contributed by atoms with Crippen molar-refractivity contribution >= 4 is 17.0 Å². The first-order valence-corrected chi connectivity index (χ1v) is 5.00. The molecule has 2 unspecified atom stereocenters. The molecule has 2 heterocycles. The minimum Gasteiger partial charge on any atom is -0.467 e. The van der Waals surface area contributed by atoms with Gasteiger partial charge in [0.15, 0.2) is 6.10 Å². The Hall–Kier alpha value is -1.92. The van der Waals surface area contributed by atoms with Crippen LogP contribution in [0.5, 0.6) is 0 Å². The molecule has 0 saturated carbocycles. The van der Waals surface area contributed by atoms with Gasteiger partial charge in [-0.1, -0.05) is 0 Å². The van der Waals surface area contributed by atoms with E-state index in [4.69, 9.17) is 0 Å². The highest BCUT2D eigenvalue weighted by atomic mass is 16.5. The van der Waals surface area contributed by atoms with E-state index in [0.717, 1.165) is 18.1 Å². The normalized spacial score (nSPS) is 14.5. The number of carbonyl (C=O) groups excluding carboxylic acids is 1. The van der Waals surface area contributed by atoms with Gasteiger partial charge in [0.25, 0.3) is 0 Å². The van der Waals surface area contributed by atoms with Crippen molar-refractivity contribution in [1.29, 1.82) is 0 Å². The third kappa shape index (κ3) is 2.13. The van der Waals surface area contributed by atoms with Crippen LogP contribution in [-0.2, 0) is 9.53 Å². The van der Waals surface area contributed by atoms with Crippen molar-refractivity contribution in [3.63, 3.8) is 0 Å². The van der Waals surface area contributed by atoms with E-state index < -0.39 is 18.2 Å². The van der Waals surface area contributed by atoms with Crippen LogP contribution in [0.25, 0.3) is 11.0 Å². The fourth-order valence-electron chi connectivity index (χ4n) is 1.54. The van der Waals surface area contributed by atoms with Crippen molar-refractivity contribution in [1.82, 2.24) is 9.97 Å². The molecule has 2 rings (SSSR count). The van der Waals surface area contributed by atoms with Gasteiger partial charge in [0, 0.05) is 18.0 Å². The van der Waals surface area contributed by atoms with Crippen LogP contribution in [0.4, 0.5) is 0 Å². The molecule has 0 aliphatic heterocycles. The summed E-state index contributed by atoms with van der Waals surface area (Å²) < 4.78 is 4.35. The number of nitrogens with zero attached hydrogens (tertiary/aromatic N) is 1. The molecule has 0 aromatic carbocycles. The largest absolute Gasteiger partial charge is 0.467 e. The molecule has 90 valence electrons. The molecule has 2 aromatic heterocycles. The topological polar surface area (TPSA) is 95.4 Å². The molecule has 0 radical (unpaired) electrons. The predicted octanol–water partition coefficient (Wildman–Crippen LogP) is 0.130. The zero-order valence-corrected chi connectivity index (χ0v) is 9.12. The standard InChI is InChI=1S/C11H12N2O4/c1-17-11(16)10(15)9(14)6-4-8-7(13-5-6)2-3-12-8/h2-5,9-10,12,14-15H,1H3. The molecule has 2 aromatic rings. The number of pyridine rings is 1. The Bertz CT molecular complexity index is 537. The van der Waals surface area contributed by atoms with Crippen molar-refractivity contribution in [2.45, 2.75) is 12.2 Å². The van der Waals surface area contributed by atoms with Crippen molar-refractivity contribution in [2.75, 3.05) is 7.11 Å². The SMILES string of the molecule is COC(=O)C(O)C(O)c1cnc2cc[nH]c2c1. The molecule has 0 spiro atoms. The number of esters is 1. The number of hydrogen-bond donors (Lipinski definition) is 3. The fraction of sp³-hybridized carbons (Fsp3) is 0.273. The van der Waals surface area contributed by atoms with E-state index in [1.54, 1.807) is 18.3 Å². The van der Waals surface area contributed by atoms with Gasteiger partial charge in [0.05, 0.1) is 18.1 Å². The Balaban J connectivity index is 2.29. The second-order valence-electron chi connectivity index (χ2n) is 3.59. The number of ether oxygens (including phenoxy) is 1. The predicted molar refractivity (Wildman–Crippen MR) is 59.1 cm³/mol. The lowest BCUT2D eigenvalue weighted by atomic mass is 10.1. The van der Waals surface area contributed by atoms with Crippen LogP contribution in [0.3, 0.4) is 0 Å². The number of methoxy groups -OCH3 is 1. The molecule has 0 amide bonds. The molecule has 17 heavy (non-hydrogen) atoms. The first-order chi connectivity index (χ1) is 8.13. The number of aliphatic hydroxyl groups is 2. The number of aliphatic hydroxyl groups excluding tert-OH is 2. The van der Waals surface area contributed by atoms with Gasteiger partial charge in [-0.2, -0.15) is 0 Å². The summed E-state index contributed by atoms with van der Waals surface area (Å²) in [6.45, 7) is 0. The third-order valence-corrected chi connectivity index (χ3v) is 2.50. The number of aromatic nitrogens is 2. The van der Waals surface area contributed by atoms with Crippen molar-refractivity contribution in [2.24, 2.45) is 0 Å². The van der Waals surface area contributed by atoms with Gasteiger partial charge in [-0.3, -0.25) is 4.98 Å². The molecular weight excluding hydrogens is 224 g/mol. The van der Waals surface area contributed by atoms with Crippen LogP contribution in [-0.4, -0.2) is 39.4 Å². The molecular formula is C11H12N2O4. The molecule has 0 saturated heterocycles. The molecule has 0 aliphatic carbocycles.